The van der Waals surface area contributed by atoms with E-state index in [2.05, 4.69) is 58.3 Å². The Hall–Kier alpha value is -4.27. The molecule has 3 heterocycles. The highest BCUT2D eigenvalue weighted by molar-refractivity contribution is 6.35. The smallest absolute Gasteiger partial charge is 0.383 e. The molecule has 2 aliphatic rings. The summed E-state index contributed by atoms with van der Waals surface area (Å²) in [6.07, 6.45) is 5.79. The number of halogens is 5. The first-order chi connectivity index (χ1) is 20.8. The van der Waals surface area contributed by atoms with Gasteiger partial charge in [-0.2, -0.15) is 13.2 Å². The first-order valence-electron chi connectivity index (χ1n) is 14.0. The fraction of sp³-hybridized carbons (Fsp3) is 0.312. The van der Waals surface area contributed by atoms with E-state index >= 15 is 0 Å². The Morgan fingerprint density at radius 1 is 1.11 bits per heavy atom. The molecule has 0 bridgehead atoms. The molecule has 1 fully saturated rings. The van der Waals surface area contributed by atoms with Gasteiger partial charge in [0.25, 0.3) is 0 Å². The van der Waals surface area contributed by atoms with Crippen molar-refractivity contribution in [1.82, 2.24) is 25.9 Å². The Bertz CT molecular complexity index is 1840. The van der Waals surface area contributed by atoms with Crippen molar-refractivity contribution < 1.29 is 17.6 Å². The summed E-state index contributed by atoms with van der Waals surface area (Å²) < 4.78 is 56.7. The van der Waals surface area contributed by atoms with Gasteiger partial charge in [-0.1, -0.05) is 50.4 Å². The summed E-state index contributed by atoms with van der Waals surface area (Å²) >= 11 is 6.75. The van der Waals surface area contributed by atoms with Crippen LogP contribution in [0, 0.1) is 23.6 Å². The maximum atomic E-state index is 14.8. The monoisotopic (exact) mass is 623 g/mol. The lowest BCUT2D eigenvalue weighted by Gasteiger charge is -2.28. The molecular formula is C32H30ClF4N7. The number of fused-ring (bicyclic) bond motifs is 2. The number of alkyl halides is 3. The molecule has 4 aromatic rings. The van der Waals surface area contributed by atoms with Crippen LogP contribution in [0.4, 0.5) is 28.9 Å². The molecule has 12 heteroatoms. The van der Waals surface area contributed by atoms with Crippen molar-refractivity contribution in [3.05, 3.63) is 82.7 Å². The molecule has 1 atom stereocenters. The van der Waals surface area contributed by atoms with Gasteiger partial charge in [-0.05, 0) is 48.1 Å². The number of anilines is 2. The minimum absolute atomic E-state index is 0.0361. The third-order valence-electron chi connectivity index (χ3n) is 7.86. The molecule has 0 spiro atoms. The van der Waals surface area contributed by atoms with Gasteiger partial charge in [-0.25, -0.2) is 4.39 Å². The average molecular weight is 624 g/mol. The highest BCUT2D eigenvalue weighted by Gasteiger charge is 2.67. The van der Waals surface area contributed by atoms with Crippen molar-refractivity contribution in [2.24, 2.45) is 5.41 Å². The summed E-state index contributed by atoms with van der Waals surface area (Å²) in [7, 11) is 0. The molecule has 0 radical (unpaired) electrons. The van der Waals surface area contributed by atoms with Crippen LogP contribution < -0.4 is 21.6 Å². The van der Waals surface area contributed by atoms with Crippen LogP contribution in [0.5, 0.6) is 0 Å². The molecule has 1 aliphatic heterocycles. The molecule has 6 rings (SSSR count). The molecule has 228 valence electrons. The zero-order valence-corrected chi connectivity index (χ0v) is 25.0. The number of hydrazine groups is 2. The Morgan fingerprint density at radius 2 is 1.89 bits per heavy atom. The first-order valence-corrected chi connectivity index (χ1v) is 14.4. The number of terminal acetylenes is 1. The molecule has 4 N–H and O–H groups in total. The predicted molar refractivity (Wildman–Crippen MR) is 165 cm³/mol. The summed E-state index contributed by atoms with van der Waals surface area (Å²) in [6, 6.07) is 9.05. The van der Waals surface area contributed by atoms with E-state index in [0.717, 1.165) is 5.01 Å². The maximum absolute atomic E-state index is 14.8. The normalized spacial score (nSPS) is 16.8. The summed E-state index contributed by atoms with van der Waals surface area (Å²) in [5.41, 5.74) is 6.98. The van der Waals surface area contributed by atoms with Gasteiger partial charge in [0.1, 0.15) is 11.3 Å². The molecule has 0 unspecified atom stereocenters. The van der Waals surface area contributed by atoms with Crippen LogP contribution in [0.2, 0.25) is 5.02 Å². The number of rotatable bonds is 7. The van der Waals surface area contributed by atoms with E-state index in [9.17, 15) is 17.6 Å². The Kier molecular flexibility index (Phi) is 7.25. The van der Waals surface area contributed by atoms with E-state index in [4.69, 9.17) is 18.0 Å². The van der Waals surface area contributed by atoms with Gasteiger partial charge in [0.15, 0.2) is 5.54 Å². The molecule has 2 aromatic carbocycles. The average Bonchev–Trinajstić information content (AvgIpc) is 3.66. The van der Waals surface area contributed by atoms with E-state index < -0.39 is 23.6 Å². The number of nitrogens with one attached hydrogen (secondary N) is 4. The minimum atomic E-state index is -4.44. The SMILES string of the molecule is C#Cc1cnc2c(Cl)cc(N[C@H](C3=CN(C4(C(F)(F)F)CC4)NN3)c3ccc(F)c4ncccc34)cc2c1NCC(C)(C)C. The van der Waals surface area contributed by atoms with Crippen molar-refractivity contribution in [3.63, 3.8) is 0 Å². The zero-order chi connectivity index (χ0) is 31.4. The third-order valence-corrected chi connectivity index (χ3v) is 8.15. The van der Waals surface area contributed by atoms with E-state index in [1.807, 2.05) is 6.07 Å². The second-order valence-electron chi connectivity index (χ2n) is 12.3. The summed E-state index contributed by atoms with van der Waals surface area (Å²) in [5, 5.41) is 9.46. The number of benzene rings is 2. The number of aromatic nitrogens is 2. The standard InChI is InChI=1S/C32H30ClF4N7/c1-5-18-15-39-27-22(26(18)40-17-30(2,3)4)13-19(14-23(27)33)41-29(21-8-9-24(34)28-20(21)7-6-12-38-28)25-16-44(43-42-25)31(10-11-31)32(35,36)37/h1,6-9,12-16,29,41-43H,10-11,17H2,2-4H3,(H,39,40)/t29-/m0/s1. The Labute approximate surface area is 257 Å². The van der Waals surface area contributed by atoms with Gasteiger partial charge < -0.3 is 16.1 Å². The van der Waals surface area contributed by atoms with E-state index in [-0.39, 0.29) is 23.8 Å². The molecule has 44 heavy (non-hydrogen) atoms. The van der Waals surface area contributed by atoms with Gasteiger partial charge in [-0.3, -0.25) is 15.0 Å². The van der Waals surface area contributed by atoms with E-state index in [0.29, 0.717) is 56.1 Å². The fourth-order valence-electron chi connectivity index (χ4n) is 5.38. The Morgan fingerprint density at radius 3 is 2.57 bits per heavy atom. The van der Waals surface area contributed by atoms with Gasteiger partial charge in [0.2, 0.25) is 0 Å². The minimum Gasteiger partial charge on any atom is -0.383 e. The van der Waals surface area contributed by atoms with E-state index in [1.54, 1.807) is 30.5 Å². The highest BCUT2D eigenvalue weighted by atomic mass is 35.5. The summed E-state index contributed by atoms with van der Waals surface area (Å²) in [4.78, 5) is 8.70. The van der Waals surface area contributed by atoms with Gasteiger partial charge in [0, 0.05) is 41.6 Å². The second-order valence-corrected chi connectivity index (χ2v) is 12.7. The lowest BCUT2D eigenvalue weighted by Crippen LogP contribution is -2.52. The number of nitrogens with zero attached hydrogens (tertiary/aromatic N) is 3. The zero-order valence-electron chi connectivity index (χ0n) is 24.2. The van der Waals surface area contributed by atoms with Crippen molar-refractivity contribution in [3.8, 4) is 12.3 Å². The van der Waals surface area contributed by atoms with Crippen LogP contribution in [-0.4, -0.2) is 33.2 Å². The first kappa shape index (κ1) is 29.8. The predicted octanol–water partition coefficient (Wildman–Crippen LogP) is 7.43. The Balaban J connectivity index is 1.48. The lowest BCUT2D eigenvalue weighted by atomic mass is 9.96. The maximum Gasteiger partial charge on any atom is 0.413 e. The van der Waals surface area contributed by atoms with Crippen molar-refractivity contribution >= 4 is 44.8 Å². The fourth-order valence-corrected chi connectivity index (χ4v) is 5.65. The molecule has 2 aromatic heterocycles. The van der Waals surface area contributed by atoms with Crippen LogP contribution in [-0.2, 0) is 0 Å². The number of hydrogen-bond acceptors (Lipinski definition) is 7. The van der Waals surface area contributed by atoms with Crippen LogP contribution in [0.15, 0.2) is 60.7 Å². The lowest BCUT2D eigenvalue weighted by molar-refractivity contribution is -0.195. The quantitative estimate of drug-likeness (QED) is 0.126. The van der Waals surface area contributed by atoms with Crippen molar-refractivity contribution in [2.75, 3.05) is 17.2 Å². The molecule has 1 saturated carbocycles. The molecule has 1 aliphatic carbocycles. The van der Waals surface area contributed by atoms with Gasteiger partial charge in [-0.15, -0.1) is 12.0 Å². The summed E-state index contributed by atoms with van der Waals surface area (Å²) in [5.74, 6) is 2.17. The van der Waals surface area contributed by atoms with Crippen LogP contribution in [0.1, 0.15) is 50.8 Å². The summed E-state index contributed by atoms with van der Waals surface area (Å²) in [6.45, 7) is 6.90. The third kappa shape index (κ3) is 5.33. The van der Waals surface area contributed by atoms with Gasteiger partial charge in [0.05, 0.1) is 33.5 Å². The van der Waals surface area contributed by atoms with Gasteiger partial charge >= 0.3 is 6.18 Å². The van der Waals surface area contributed by atoms with Crippen molar-refractivity contribution in [2.45, 2.75) is 51.4 Å². The van der Waals surface area contributed by atoms with Crippen molar-refractivity contribution in [1.29, 1.82) is 0 Å². The molecule has 7 nitrogen and oxygen atoms in total. The topological polar surface area (TPSA) is 77.1 Å². The van der Waals surface area contributed by atoms with E-state index in [1.165, 1.54) is 18.5 Å². The largest absolute Gasteiger partial charge is 0.413 e. The second kappa shape index (κ2) is 10.7. The number of hydrogen-bond donors (Lipinski definition) is 4. The van der Waals surface area contributed by atoms with Crippen LogP contribution >= 0.6 is 11.6 Å². The molecule has 0 saturated heterocycles. The molecule has 0 amide bonds. The molecular weight excluding hydrogens is 594 g/mol. The van der Waals surface area contributed by atoms with Crippen LogP contribution in [0.3, 0.4) is 0 Å². The number of pyridine rings is 2. The van der Waals surface area contributed by atoms with Crippen LogP contribution in [0.25, 0.3) is 21.8 Å². The highest BCUT2D eigenvalue weighted by Crippen LogP contribution is 2.54.